The highest BCUT2D eigenvalue weighted by Crippen LogP contribution is 2.11. The van der Waals surface area contributed by atoms with E-state index in [-0.39, 0.29) is 12.1 Å². The molecule has 0 aliphatic heterocycles. The van der Waals surface area contributed by atoms with E-state index >= 15 is 0 Å². The molecule has 1 heterocycles. The first-order valence-corrected chi connectivity index (χ1v) is 8.95. The monoisotopic (exact) mass is 396 g/mol. The van der Waals surface area contributed by atoms with E-state index in [4.69, 9.17) is 14.2 Å². The predicted octanol–water partition coefficient (Wildman–Crippen LogP) is 3.85. The molecule has 1 aromatic carbocycles. The molecule has 2 aromatic rings. The van der Waals surface area contributed by atoms with E-state index in [0.29, 0.717) is 33.0 Å². The van der Waals surface area contributed by atoms with Crippen molar-refractivity contribution in [2.45, 2.75) is 32.6 Å². The van der Waals surface area contributed by atoms with Crippen LogP contribution in [0, 0.1) is 0 Å². The van der Waals surface area contributed by atoms with Gasteiger partial charge in [0, 0.05) is 6.20 Å². The fraction of sp³-hybridized carbons (Fsp3) is 0.500. The van der Waals surface area contributed by atoms with Gasteiger partial charge in [-0.1, -0.05) is 30.3 Å². The maximum atomic E-state index is 5.69. The molecule has 0 saturated heterocycles. The van der Waals surface area contributed by atoms with Gasteiger partial charge in [0.25, 0.3) is 0 Å². The summed E-state index contributed by atoms with van der Waals surface area (Å²) in [6.45, 7) is 7.00. The Bertz CT molecular complexity index is 577. The Morgan fingerprint density at radius 2 is 1.88 bits per heavy atom. The van der Waals surface area contributed by atoms with Crippen molar-refractivity contribution in [3.8, 4) is 0 Å². The summed E-state index contributed by atoms with van der Waals surface area (Å²) in [5, 5.41) is 4.24. The molecule has 0 amide bonds. The van der Waals surface area contributed by atoms with Crippen LogP contribution < -0.4 is 0 Å². The van der Waals surface area contributed by atoms with Crippen LogP contribution in [0.4, 0.5) is 0 Å². The van der Waals surface area contributed by atoms with Crippen LogP contribution in [-0.2, 0) is 20.8 Å². The molecular formula is C18H25BrN2O3. The van der Waals surface area contributed by atoms with Crippen LogP contribution in [0.25, 0.3) is 0 Å². The number of hydrogen-bond acceptors (Lipinski definition) is 4. The van der Waals surface area contributed by atoms with Crippen LogP contribution in [0.5, 0.6) is 0 Å². The summed E-state index contributed by atoms with van der Waals surface area (Å²) in [5.41, 5.74) is 1.17. The smallest absolute Gasteiger partial charge is 0.0781 e. The van der Waals surface area contributed by atoms with Crippen molar-refractivity contribution in [2.75, 3.05) is 26.4 Å². The quantitative estimate of drug-likeness (QED) is 0.541. The standard InChI is InChI=1S/C18H25BrN2O3/c1-15(21-11-18(19)10-20-21)12-22-8-9-24-16(2)13-23-14-17-6-4-3-5-7-17/h3-7,10-11,15-16H,8-9,12-14H2,1-2H3/t15-,16+/m1/s1. The lowest BCUT2D eigenvalue weighted by Gasteiger charge is -2.15. The van der Waals surface area contributed by atoms with Crippen molar-refractivity contribution in [1.82, 2.24) is 9.78 Å². The third kappa shape index (κ3) is 7.13. The Kier molecular flexibility index (Phi) is 8.45. The average molecular weight is 397 g/mol. The first-order chi connectivity index (χ1) is 11.6. The van der Waals surface area contributed by atoms with Crippen molar-refractivity contribution in [3.63, 3.8) is 0 Å². The van der Waals surface area contributed by atoms with Gasteiger partial charge in [0.1, 0.15) is 0 Å². The third-order valence-corrected chi connectivity index (χ3v) is 3.88. The minimum absolute atomic E-state index is 0.0526. The topological polar surface area (TPSA) is 45.5 Å². The number of nitrogens with zero attached hydrogens (tertiary/aromatic N) is 2. The number of ether oxygens (including phenoxy) is 3. The highest BCUT2D eigenvalue weighted by molar-refractivity contribution is 9.10. The van der Waals surface area contributed by atoms with Gasteiger partial charge in [0.2, 0.25) is 0 Å². The molecule has 0 saturated carbocycles. The molecule has 1 aromatic heterocycles. The van der Waals surface area contributed by atoms with E-state index < -0.39 is 0 Å². The number of benzene rings is 1. The molecule has 6 heteroatoms. The van der Waals surface area contributed by atoms with Crippen molar-refractivity contribution in [2.24, 2.45) is 0 Å². The van der Waals surface area contributed by atoms with Gasteiger partial charge in [-0.05, 0) is 35.3 Å². The van der Waals surface area contributed by atoms with Gasteiger partial charge in [-0.2, -0.15) is 5.10 Å². The molecule has 0 unspecified atom stereocenters. The molecular weight excluding hydrogens is 372 g/mol. The Morgan fingerprint density at radius 3 is 2.58 bits per heavy atom. The fourth-order valence-corrected chi connectivity index (χ4v) is 2.46. The molecule has 2 atom stereocenters. The van der Waals surface area contributed by atoms with Crippen LogP contribution in [-0.4, -0.2) is 42.3 Å². The average Bonchev–Trinajstić information content (AvgIpc) is 3.02. The SMILES string of the molecule is C[C@H](COCCO[C@@H](C)COCc1ccccc1)n1cc(Br)cn1. The summed E-state index contributed by atoms with van der Waals surface area (Å²) in [4.78, 5) is 0. The first-order valence-electron chi connectivity index (χ1n) is 8.16. The second-order valence-corrected chi connectivity index (χ2v) is 6.66. The molecule has 0 aliphatic carbocycles. The molecule has 5 nitrogen and oxygen atoms in total. The lowest BCUT2D eigenvalue weighted by Crippen LogP contribution is -2.20. The maximum absolute atomic E-state index is 5.69. The number of rotatable bonds is 11. The number of halogens is 1. The van der Waals surface area contributed by atoms with Gasteiger partial charge in [0.05, 0.1) is 55.8 Å². The largest absolute Gasteiger partial charge is 0.377 e. The zero-order valence-corrected chi connectivity index (χ0v) is 15.8. The van der Waals surface area contributed by atoms with Gasteiger partial charge < -0.3 is 14.2 Å². The van der Waals surface area contributed by atoms with Gasteiger partial charge >= 0.3 is 0 Å². The van der Waals surface area contributed by atoms with Crippen LogP contribution in [0.3, 0.4) is 0 Å². The van der Waals surface area contributed by atoms with Gasteiger partial charge in [-0.25, -0.2) is 0 Å². The minimum atomic E-state index is 0.0526. The minimum Gasteiger partial charge on any atom is -0.377 e. The molecule has 24 heavy (non-hydrogen) atoms. The lowest BCUT2D eigenvalue weighted by atomic mass is 10.2. The summed E-state index contributed by atoms with van der Waals surface area (Å²) in [6.07, 6.45) is 3.77. The number of hydrogen-bond donors (Lipinski definition) is 0. The molecule has 0 bridgehead atoms. The van der Waals surface area contributed by atoms with E-state index in [1.54, 1.807) is 6.20 Å². The second kappa shape index (κ2) is 10.6. The van der Waals surface area contributed by atoms with Crippen LogP contribution in [0.2, 0.25) is 0 Å². The van der Waals surface area contributed by atoms with Crippen molar-refractivity contribution < 1.29 is 14.2 Å². The molecule has 0 aliphatic rings. The van der Waals surface area contributed by atoms with Crippen LogP contribution in [0.1, 0.15) is 25.5 Å². The van der Waals surface area contributed by atoms with E-state index in [1.807, 2.05) is 36.0 Å². The van der Waals surface area contributed by atoms with Crippen molar-refractivity contribution >= 4 is 15.9 Å². The summed E-state index contributed by atoms with van der Waals surface area (Å²) in [6, 6.07) is 10.3. The highest BCUT2D eigenvalue weighted by Gasteiger charge is 2.07. The van der Waals surface area contributed by atoms with Gasteiger partial charge in [0.15, 0.2) is 0 Å². The Labute approximate surface area is 152 Å². The van der Waals surface area contributed by atoms with Crippen LogP contribution in [0.15, 0.2) is 47.2 Å². The summed E-state index contributed by atoms with van der Waals surface area (Å²) in [5.74, 6) is 0. The van der Waals surface area contributed by atoms with E-state index in [1.165, 1.54) is 5.56 Å². The summed E-state index contributed by atoms with van der Waals surface area (Å²) >= 11 is 3.39. The van der Waals surface area contributed by atoms with Gasteiger partial charge in [-0.15, -0.1) is 0 Å². The van der Waals surface area contributed by atoms with E-state index in [2.05, 4.69) is 40.1 Å². The van der Waals surface area contributed by atoms with Crippen molar-refractivity contribution in [1.29, 1.82) is 0 Å². The van der Waals surface area contributed by atoms with E-state index in [9.17, 15) is 0 Å². The molecule has 0 fully saturated rings. The molecule has 0 radical (unpaired) electrons. The van der Waals surface area contributed by atoms with Gasteiger partial charge in [-0.3, -0.25) is 4.68 Å². The lowest BCUT2D eigenvalue weighted by molar-refractivity contribution is -0.0361. The maximum Gasteiger partial charge on any atom is 0.0781 e. The van der Waals surface area contributed by atoms with E-state index in [0.717, 1.165) is 4.47 Å². The zero-order chi connectivity index (χ0) is 17.2. The molecule has 132 valence electrons. The Hall–Kier alpha value is -1.21. The highest BCUT2D eigenvalue weighted by atomic mass is 79.9. The fourth-order valence-electron chi connectivity index (χ4n) is 2.16. The molecule has 0 spiro atoms. The van der Waals surface area contributed by atoms with Crippen LogP contribution >= 0.6 is 15.9 Å². The second-order valence-electron chi connectivity index (χ2n) is 5.74. The summed E-state index contributed by atoms with van der Waals surface area (Å²) in [7, 11) is 0. The third-order valence-electron chi connectivity index (χ3n) is 3.47. The molecule has 0 N–H and O–H groups in total. The normalized spacial score (nSPS) is 13.8. The van der Waals surface area contributed by atoms with Crippen molar-refractivity contribution in [3.05, 3.63) is 52.8 Å². The summed E-state index contributed by atoms with van der Waals surface area (Å²) < 4.78 is 19.8. The Morgan fingerprint density at radius 1 is 1.08 bits per heavy atom. The first kappa shape index (κ1) is 19.1. The zero-order valence-electron chi connectivity index (χ0n) is 14.2. The Balaban J connectivity index is 1.49. The predicted molar refractivity (Wildman–Crippen MR) is 97.0 cm³/mol. The number of aromatic nitrogens is 2. The molecule has 2 rings (SSSR count).